The first-order valence-corrected chi connectivity index (χ1v) is 10.3. The molecule has 1 saturated heterocycles. The molecule has 1 aromatic rings. The second-order valence-electron chi connectivity index (χ2n) is 8.45. The van der Waals surface area contributed by atoms with Gasteiger partial charge >= 0.3 is 0 Å². The van der Waals surface area contributed by atoms with Gasteiger partial charge in [0.15, 0.2) is 0 Å². The summed E-state index contributed by atoms with van der Waals surface area (Å²) in [6.45, 7) is 8.00. The maximum atomic E-state index is 4.29. The maximum Gasteiger partial charge on any atom is 0.131 e. The Morgan fingerprint density at radius 1 is 0.913 bits per heavy atom. The van der Waals surface area contributed by atoms with E-state index in [1.165, 1.54) is 31.2 Å². The van der Waals surface area contributed by atoms with Gasteiger partial charge in [-0.05, 0) is 62.7 Å². The summed E-state index contributed by atoms with van der Waals surface area (Å²) < 4.78 is 0. The minimum absolute atomic E-state index is 0.925. The molecule has 5 aliphatic rings. The minimum Gasteiger partial charge on any atom is -0.297 e. The van der Waals surface area contributed by atoms with Gasteiger partial charge in [-0.25, -0.2) is 0 Å². The van der Waals surface area contributed by atoms with Gasteiger partial charge in [0.05, 0.1) is 6.54 Å². The lowest BCUT2D eigenvalue weighted by atomic mass is 9.54. The van der Waals surface area contributed by atoms with Crippen LogP contribution in [0.3, 0.4) is 0 Å². The van der Waals surface area contributed by atoms with Crippen molar-refractivity contribution in [3.63, 3.8) is 0 Å². The Bertz CT molecular complexity index is 535. The summed E-state index contributed by atoms with van der Waals surface area (Å²) in [5.74, 6) is 4.25. The summed E-state index contributed by atoms with van der Waals surface area (Å²) >= 11 is 1.75. The van der Waals surface area contributed by atoms with E-state index in [4.69, 9.17) is 0 Å². The minimum atomic E-state index is 0.925. The van der Waals surface area contributed by atoms with Crippen molar-refractivity contribution in [3.05, 3.63) is 10.0 Å². The molecule has 23 heavy (non-hydrogen) atoms. The molecule has 4 saturated carbocycles. The van der Waals surface area contributed by atoms with Crippen molar-refractivity contribution in [2.75, 3.05) is 26.2 Å². The van der Waals surface area contributed by atoms with Crippen LogP contribution in [-0.2, 0) is 6.54 Å². The van der Waals surface area contributed by atoms with Gasteiger partial charge in [-0.1, -0.05) is 0 Å². The van der Waals surface area contributed by atoms with Crippen LogP contribution >= 0.6 is 11.3 Å². The summed E-state index contributed by atoms with van der Waals surface area (Å²) in [5.41, 5.74) is 0. The van der Waals surface area contributed by atoms with Crippen LogP contribution in [0.15, 0.2) is 0 Å². The normalized spacial score (nSPS) is 40.8. The molecule has 4 bridgehead atoms. The van der Waals surface area contributed by atoms with E-state index in [9.17, 15) is 0 Å². The molecule has 1 aliphatic heterocycles. The molecule has 0 spiro atoms. The molecule has 6 rings (SSSR count). The Kier molecular flexibility index (Phi) is 3.72. The maximum absolute atomic E-state index is 4.29. The number of hydrogen-bond donors (Lipinski definition) is 0. The Balaban J connectivity index is 1.20. The first-order valence-electron chi connectivity index (χ1n) is 9.50. The van der Waals surface area contributed by atoms with E-state index in [0.717, 1.165) is 41.3 Å². The second kappa shape index (κ2) is 5.78. The average Bonchev–Trinajstić information content (AvgIpc) is 2.93. The van der Waals surface area contributed by atoms with Gasteiger partial charge in [-0.15, -0.1) is 21.5 Å². The highest BCUT2D eigenvalue weighted by atomic mass is 32.1. The third-order valence-corrected chi connectivity index (χ3v) is 7.76. The highest BCUT2D eigenvalue weighted by molar-refractivity contribution is 7.11. The van der Waals surface area contributed by atoms with Crippen molar-refractivity contribution >= 4 is 11.3 Å². The van der Waals surface area contributed by atoms with Crippen molar-refractivity contribution in [2.24, 2.45) is 23.7 Å². The predicted octanol–water partition coefficient (Wildman–Crippen LogP) is 2.79. The molecule has 0 unspecified atom stereocenters. The van der Waals surface area contributed by atoms with E-state index in [2.05, 4.69) is 20.0 Å². The predicted molar refractivity (Wildman–Crippen MR) is 92.3 cm³/mol. The fourth-order valence-electron chi connectivity index (χ4n) is 6.30. The number of nitrogens with zero attached hydrogens (tertiary/aromatic N) is 4. The molecule has 0 atom stereocenters. The van der Waals surface area contributed by atoms with E-state index in [1.54, 1.807) is 43.4 Å². The van der Waals surface area contributed by atoms with Gasteiger partial charge in [-0.3, -0.25) is 9.80 Å². The molecule has 4 nitrogen and oxygen atoms in total. The van der Waals surface area contributed by atoms with Crippen molar-refractivity contribution in [3.8, 4) is 0 Å². The zero-order chi connectivity index (χ0) is 15.4. The van der Waals surface area contributed by atoms with Gasteiger partial charge in [0.25, 0.3) is 0 Å². The van der Waals surface area contributed by atoms with Gasteiger partial charge in [0.2, 0.25) is 0 Å². The van der Waals surface area contributed by atoms with Crippen LogP contribution in [0, 0.1) is 30.6 Å². The van der Waals surface area contributed by atoms with Crippen molar-refractivity contribution < 1.29 is 0 Å². The molecule has 5 fully saturated rings. The van der Waals surface area contributed by atoms with Crippen molar-refractivity contribution in [1.82, 2.24) is 20.0 Å². The largest absolute Gasteiger partial charge is 0.297 e. The smallest absolute Gasteiger partial charge is 0.131 e. The number of aryl methyl sites for hydroxylation is 1. The molecule has 126 valence electrons. The van der Waals surface area contributed by atoms with Crippen molar-refractivity contribution in [1.29, 1.82) is 0 Å². The van der Waals surface area contributed by atoms with Crippen LogP contribution in [0.4, 0.5) is 0 Å². The van der Waals surface area contributed by atoms with E-state index >= 15 is 0 Å². The van der Waals surface area contributed by atoms with Crippen LogP contribution in [0.1, 0.15) is 42.1 Å². The Morgan fingerprint density at radius 3 is 2.13 bits per heavy atom. The van der Waals surface area contributed by atoms with E-state index in [1.807, 2.05) is 6.92 Å². The molecule has 0 radical (unpaired) electrons. The standard InChI is InChI=1S/C18H28N4S/c1-12-19-20-17(23-12)11-21-2-4-22(5-3-21)18-15-7-13-6-14(9-15)10-16(18)8-13/h13-16,18H,2-11H2,1H3. The number of aromatic nitrogens is 2. The van der Waals surface area contributed by atoms with E-state index in [-0.39, 0.29) is 0 Å². The first kappa shape index (κ1) is 14.8. The Labute approximate surface area is 143 Å². The van der Waals surface area contributed by atoms with Crippen LogP contribution in [0.2, 0.25) is 0 Å². The van der Waals surface area contributed by atoms with E-state index < -0.39 is 0 Å². The second-order valence-corrected chi connectivity index (χ2v) is 9.71. The fourth-order valence-corrected chi connectivity index (χ4v) is 7.06. The molecule has 1 aromatic heterocycles. The summed E-state index contributed by atoms with van der Waals surface area (Å²) in [6, 6.07) is 0.925. The van der Waals surface area contributed by atoms with Gasteiger partial charge in [0.1, 0.15) is 10.0 Å². The first-order chi connectivity index (χ1) is 11.2. The monoisotopic (exact) mass is 332 g/mol. The summed E-state index contributed by atoms with van der Waals surface area (Å²) in [5, 5.41) is 10.7. The van der Waals surface area contributed by atoms with Gasteiger partial charge in [-0.2, -0.15) is 0 Å². The summed E-state index contributed by atoms with van der Waals surface area (Å²) in [6.07, 6.45) is 7.74. The quantitative estimate of drug-likeness (QED) is 0.852. The summed E-state index contributed by atoms with van der Waals surface area (Å²) in [4.78, 5) is 5.45. The molecule has 4 aliphatic carbocycles. The zero-order valence-electron chi connectivity index (χ0n) is 14.2. The lowest BCUT2D eigenvalue weighted by Crippen LogP contribution is -2.60. The zero-order valence-corrected chi connectivity index (χ0v) is 15.0. The third-order valence-electron chi connectivity index (χ3n) is 6.93. The number of piperazine rings is 1. The molecular weight excluding hydrogens is 304 g/mol. The van der Waals surface area contributed by atoms with Crippen LogP contribution in [0.5, 0.6) is 0 Å². The third kappa shape index (κ3) is 2.75. The molecule has 0 aromatic carbocycles. The number of rotatable bonds is 3. The molecule has 2 heterocycles. The molecule has 5 heteroatoms. The highest BCUT2D eigenvalue weighted by Gasteiger charge is 2.50. The van der Waals surface area contributed by atoms with Crippen LogP contribution in [-0.4, -0.2) is 52.2 Å². The molecule has 0 N–H and O–H groups in total. The Hall–Kier alpha value is -0.520. The SMILES string of the molecule is Cc1nnc(CN2CCN(C3C4CC5CC(C4)CC3C5)CC2)s1. The highest BCUT2D eigenvalue weighted by Crippen LogP contribution is 2.55. The lowest BCUT2D eigenvalue weighted by molar-refractivity contribution is -0.0769. The fraction of sp³-hybridized carbons (Fsp3) is 0.889. The topological polar surface area (TPSA) is 32.3 Å². The van der Waals surface area contributed by atoms with Crippen LogP contribution in [0.25, 0.3) is 0 Å². The molecule has 0 amide bonds. The summed E-state index contributed by atoms with van der Waals surface area (Å²) in [7, 11) is 0. The Morgan fingerprint density at radius 2 is 1.57 bits per heavy atom. The lowest BCUT2D eigenvalue weighted by Gasteiger charge is -2.58. The van der Waals surface area contributed by atoms with Crippen molar-refractivity contribution in [2.45, 2.75) is 51.6 Å². The number of hydrogen-bond acceptors (Lipinski definition) is 5. The average molecular weight is 333 g/mol. The molecular formula is C18H28N4S. The van der Waals surface area contributed by atoms with Gasteiger partial charge in [0, 0.05) is 32.2 Å². The van der Waals surface area contributed by atoms with Crippen LogP contribution < -0.4 is 0 Å². The van der Waals surface area contributed by atoms with Gasteiger partial charge < -0.3 is 0 Å². The van der Waals surface area contributed by atoms with E-state index in [0.29, 0.717) is 0 Å².